The fraction of sp³-hybridized carbons (Fsp3) is 0.300. The first-order valence-electron chi connectivity index (χ1n) is 4.46. The van der Waals surface area contributed by atoms with Crippen LogP contribution in [0.3, 0.4) is 0 Å². The fourth-order valence-electron chi connectivity index (χ4n) is 1.21. The lowest BCUT2D eigenvalue weighted by Crippen LogP contribution is -2.06. The zero-order valence-corrected chi connectivity index (χ0v) is 8.08. The maximum atomic E-state index is 13.1. The number of rotatable bonds is 4. The number of hydrogen-bond acceptors (Lipinski definition) is 2. The minimum atomic E-state index is -1.47. The van der Waals surface area contributed by atoms with Crippen molar-refractivity contribution in [3.8, 4) is 0 Å². The first kappa shape index (κ1) is 12.5. The van der Waals surface area contributed by atoms with Gasteiger partial charge < -0.3 is 10.2 Å². The zero-order chi connectivity index (χ0) is 12.3. The largest absolute Gasteiger partial charge is 0.481 e. The number of benzene rings is 1. The summed E-state index contributed by atoms with van der Waals surface area (Å²) in [5.74, 6) is -4.91. The minimum Gasteiger partial charge on any atom is -0.481 e. The molecule has 0 heterocycles. The molecule has 1 rings (SSSR count). The maximum Gasteiger partial charge on any atom is 0.303 e. The molecule has 0 aliphatic carbocycles. The summed E-state index contributed by atoms with van der Waals surface area (Å²) in [4.78, 5) is 10.2. The summed E-state index contributed by atoms with van der Waals surface area (Å²) < 4.78 is 38.4. The van der Waals surface area contributed by atoms with Gasteiger partial charge >= 0.3 is 5.97 Å². The van der Waals surface area contributed by atoms with E-state index in [1.807, 2.05) is 0 Å². The number of halogens is 3. The molecule has 1 atom stereocenters. The molecule has 1 unspecified atom stereocenters. The molecule has 0 radical (unpaired) electrons. The second kappa shape index (κ2) is 4.98. The van der Waals surface area contributed by atoms with Crippen LogP contribution in [-0.2, 0) is 4.79 Å². The summed E-state index contributed by atoms with van der Waals surface area (Å²) in [6.45, 7) is 0. The third kappa shape index (κ3) is 2.96. The number of aliphatic hydroxyl groups is 1. The Morgan fingerprint density at radius 1 is 1.19 bits per heavy atom. The van der Waals surface area contributed by atoms with E-state index in [1.54, 1.807) is 0 Å². The summed E-state index contributed by atoms with van der Waals surface area (Å²) in [5, 5.41) is 17.7. The van der Waals surface area contributed by atoms with Crippen LogP contribution in [0, 0.1) is 17.5 Å². The topological polar surface area (TPSA) is 57.5 Å². The lowest BCUT2D eigenvalue weighted by molar-refractivity contribution is -0.137. The van der Waals surface area contributed by atoms with E-state index in [-0.39, 0.29) is 12.8 Å². The van der Waals surface area contributed by atoms with Crippen molar-refractivity contribution in [3.63, 3.8) is 0 Å². The lowest BCUT2D eigenvalue weighted by Gasteiger charge is -2.10. The normalized spacial score (nSPS) is 12.5. The van der Waals surface area contributed by atoms with E-state index < -0.39 is 35.1 Å². The Kier molecular flexibility index (Phi) is 3.89. The van der Waals surface area contributed by atoms with E-state index in [4.69, 9.17) is 5.11 Å². The van der Waals surface area contributed by atoms with Crippen LogP contribution in [0.25, 0.3) is 0 Å². The molecule has 3 nitrogen and oxygen atoms in total. The van der Waals surface area contributed by atoms with Crippen LogP contribution in [0.4, 0.5) is 13.2 Å². The second-order valence-corrected chi connectivity index (χ2v) is 3.24. The van der Waals surface area contributed by atoms with E-state index in [0.29, 0.717) is 12.1 Å². The van der Waals surface area contributed by atoms with Crippen LogP contribution in [-0.4, -0.2) is 16.2 Å². The molecular formula is C10H9F3O3. The first-order chi connectivity index (χ1) is 7.41. The number of hydrogen-bond donors (Lipinski definition) is 2. The quantitative estimate of drug-likeness (QED) is 0.783. The van der Waals surface area contributed by atoms with Gasteiger partial charge in [-0.2, -0.15) is 0 Å². The van der Waals surface area contributed by atoms with Gasteiger partial charge in [-0.15, -0.1) is 0 Å². The molecule has 0 amide bonds. The number of aliphatic carboxylic acids is 1. The van der Waals surface area contributed by atoms with Crippen LogP contribution in [0.1, 0.15) is 24.5 Å². The van der Waals surface area contributed by atoms with E-state index in [9.17, 15) is 23.1 Å². The molecule has 1 aromatic carbocycles. The molecule has 6 heteroatoms. The molecule has 1 aromatic rings. The van der Waals surface area contributed by atoms with Crippen LogP contribution < -0.4 is 0 Å². The highest BCUT2D eigenvalue weighted by Gasteiger charge is 2.17. The molecule has 0 saturated heterocycles. The number of carboxylic acid groups (broad SMARTS) is 1. The van der Waals surface area contributed by atoms with Gasteiger partial charge in [0.25, 0.3) is 0 Å². The van der Waals surface area contributed by atoms with E-state index in [1.165, 1.54) is 0 Å². The van der Waals surface area contributed by atoms with Gasteiger partial charge in [0, 0.05) is 18.1 Å². The smallest absolute Gasteiger partial charge is 0.303 e. The van der Waals surface area contributed by atoms with Crippen molar-refractivity contribution in [2.45, 2.75) is 18.9 Å². The van der Waals surface area contributed by atoms with Gasteiger partial charge in [0.15, 0.2) is 11.6 Å². The number of carbonyl (C=O) groups is 1. The highest BCUT2D eigenvalue weighted by molar-refractivity contribution is 5.66. The Balaban J connectivity index is 2.86. The SMILES string of the molecule is O=C(O)CCC(O)c1cc(F)c(F)cc1F. The minimum absolute atomic E-state index is 0.267. The Morgan fingerprint density at radius 2 is 1.75 bits per heavy atom. The van der Waals surface area contributed by atoms with Crippen molar-refractivity contribution >= 4 is 5.97 Å². The Hall–Kier alpha value is -1.56. The standard InChI is InChI=1S/C10H9F3O3/c11-6-4-8(13)7(12)3-5(6)9(14)1-2-10(15)16/h3-4,9,14H,1-2H2,(H,15,16). The molecule has 2 N–H and O–H groups in total. The molecule has 0 bridgehead atoms. The van der Waals surface area contributed by atoms with Crippen LogP contribution in [0.15, 0.2) is 12.1 Å². The first-order valence-corrected chi connectivity index (χ1v) is 4.46. The molecular weight excluding hydrogens is 225 g/mol. The monoisotopic (exact) mass is 234 g/mol. The maximum absolute atomic E-state index is 13.1. The molecule has 0 aliphatic rings. The Morgan fingerprint density at radius 3 is 2.31 bits per heavy atom. The van der Waals surface area contributed by atoms with Gasteiger partial charge in [-0.3, -0.25) is 4.79 Å². The molecule has 0 saturated carbocycles. The summed E-state index contributed by atoms with van der Waals surface area (Å²) in [5.41, 5.74) is -0.444. The summed E-state index contributed by atoms with van der Waals surface area (Å²) in [7, 11) is 0. The predicted molar refractivity (Wildman–Crippen MR) is 48.1 cm³/mol. The molecule has 0 aromatic heterocycles. The van der Waals surface area contributed by atoms with Gasteiger partial charge in [-0.1, -0.05) is 0 Å². The molecule has 0 aliphatic heterocycles. The predicted octanol–water partition coefficient (Wildman–Crippen LogP) is 2.00. The summed E-state index contributed by atoms with van der Waals surface area (Å²) >= 11 is 0. The van der Waals surface area contributed by atoms with Crippen LogP contribution in [0.5, 0.6) is 0 Å². The van der Waals surface area contributed by atoms with Crippen LogP contribution >= 0.6 is 0 Å². The van der Waals surface area contributed by atoms with Gasteiger partial charge in [0.2, 0.25) is 0 Å². The van der Waals surface area contributed by atoms with Gasteiger partial charge in [0.05, 0.1) is 6.10 Å². The zero-order valence-electron chi connectivity index (χ0n) is 8.08. The number of aliphatic hydroxyl groups excluding tert-OH is 1. The van der Waals surface area contributed by atoms with Crippen LogP contribution in [0.2, 0.25) is 0 Å². The molecule has 88 valence electrons. The van der Waals surface area contributed by atoms with Gasteiger partial charge in [-0.25, -0.2) is 13.2 Å². The van der Waals surface area contributed by atoms with Crippen molar-refractivity contribution < 1.29 is 28.2 Å². The van der Waals surface area contributed by atoms with Crippen molar-refractivity contribution in [2.24, 2.45) is 0 Å². The summed E-state index contributed by atoms with van der Waals surface area (Å²) in [6, 6.07) is 0.839. The average molecular weight is 234 g/mol. The Labute approximate surface area is 89.1 Å². The van der Waals surface area contributed by atoms with Crippen molar-refractivity contribution in [1.82, 2.24) is 0 Å². The third-order valence-corrected chi connectivity index (χ3v) is 2.03. The highest BCUT2D eigenvalue weighted by Crippen LogP contribution is 2.23. The third-order valence-electron chi connectivity index (χ3n) is 2.03. The van der Waals surface area contributed by atoms with E-state index in [2.05, 4.69) is 0 Å². The molecule has 0 spiro atoms. The van der Waals surface area contributed by atoms with Gasteiger partial charge in [-0.05, 0) is 12.5 Å². The van der Waals surface area contributed by atoms with E-state index in [0.717, 1.165) is 0 Å². The number of carboxylic acids is 1. The van der Waals surface area contributed by atoms with Gasteiger partial charge in [0.1, 0.15) is 5.82 Å². The highest BCUT2D eigenvalue weighted by atomic mass is 19.2. The van der Waals surface area contributed by atoms with Crippen molar-refractivity contribution in [2.75, 3.05) is 0 Å². The van der Waals surface area contributed by atoms with Crippen molar-refractivity contribution in [1.29, 1.82) is 0 Å². The molecule has 16 heavy (non-hydrogen) atoms. The fourth-order valence-corrected chi connectivity index (χ4v) is 1.21. The second-order valence-electron chi connectivity index (χ2n) is 3.24. The lowest BCUT2D eigenvalue weighted by atomic mass is 10.0. The Bertz CT molecular complexity index is 407. The molecule has 0 fully saturated rings. The summed E-state index contributed by atoms with van der Waals surface area (Å²) in [6.07, 6.45) is -2.12. The van der Waals surface area contributed by atoms with E-state index >= 15 is 0 Å². The average Bonchev–Trinajstić information content (AvgIpc) is 2.20. The van der Waals surface area contributed by atoms with Crippen molar-refractivity contribution in [3.05, 3.63) is 35.1 Å².